The van der Waals surface area contributed by atoms with Crippen LogP contribution in [-0.4, -0.2) is 58.2 Å². The first-order chi connectivity index (χ1) is 17.9. The fourth-order valence-electron chi connectivity index (χ4n) is 5.12. The van der Waals surface area contributed by atoms with E-state index >= 15 is 0 Å². The van der Waals surface area contributed by atoms with Crippen LogP contribution in [0.5, 0.6) is 17.2 Å². The summed E-state index contributed by atoms with van der Waals surface area (Å²) in [4.78, 5) is 40.2. The number of carboxylic acids is 1. The summed E-state index contributed by atoms with van der Waals surface area (Å²) in [6.45, 7) is -0.816. The Bertz CT molecular complexity index is 1280. The molecule has 5 rings (SSSR count). The van der Waals surface area contributed by atoms with Gasteiger partial charge in [-0.15, -0.1) is 0 Å². The standard InChI is InChI=1S/C28H26N2O7/c31-17-28(27(34)35)23-22(25(32)30(26(23)33)15-16-36-19-7-3-1-4-8-19)24(29-28)18-11-13-21(14-12-18)37-20-9-5-2-6-10-20/h1-14,22-24,29,31H,15-17H2,(H,34,35). The molecule has 9 nitrogen and oxygen atoms in total. The Morgan fingerprint density at radius 3 is 2.05 bits per heavy atom. The second-order valence-corrected chi connectivity index (χ2v) is 9.03. The molecule has 4 atom stereocenters. The second-order valence-electron chi connectivity index (χ2n) is 9.03. The number of imide groups is 1. The largest absolute Gasteiger partial charge is 0.492 e. The Kier molecular flexibility index (Phi) is 6.64. The van der Waals surface area contributed by atoms with Crippen LogP contribution in [0.2, 0.25) is 0 Å². The van der Waals surface area contributed by atoms with E-state index in [0.29, 0.717) is 22.8 Å². The quantitative estimate of drug-likeness (QED) is 0.382. The Labute approximate surface area is 213 Å². The zero-order valence-corrected chi connectivity index (χ0v) is 19.8. The third-order valence-electron chi connectivity index (χ3n) is 6.92. The number of carbonyl (C=O) groups is 3. The van der Waals surface area contributed by atoms with Gasteiger partial charge in [0, 0.05) is 6.04 Å². The van der Waals surface area contributed by atoms with E-state index in [1.54, 1.807) is 48.5 Å². The van der Waals surface area contributed by atoms with Crippen LogP contribution in [0.15, 0.2) is 84.9 Å². The maximum absolute atomic E-state index is 13.5. The predicted molar refractivity (Wildman–Crippen MR) is 132 cm³/mol. The first-order valence-electron chi connectivity index (χ1n) is 11.9. The van der Waals surface area contributed by atoms with Gasteiger partial charge in [0.05, 0.1) is 25.0 Å². The van der Waals surface area contributed by atoms with Gasteiger partial charge in [-0.2, -0.15) is 0 Å². The first-order valence-corrected chi connectivity index (χ1v) is 11.9. The van der Waals surface area contributed by atoms with E-state index in [2.05, 4.69) is 5.32 Å². The van der Waals surface area contributed by atoms with Crippen molar-refractivity contribution in [1.82, 2.24) is 10.2 Å². The summed E-state index contributed by atoms with van der Waals surface area (Å²) < 4.78 is 11.5. The van der Waals surface area contributed by atoms with Gasteiger partial charge in [0.1, 0.15) is 23.9 Å². The van der Waals surface area contributed by atoms with Gasteiger partial charge >= 0.3 is 5.97 Å². The van der Waals surface area contributed by atoms with Gasteiger partial charge in [-0.05, 0) is 42.0 Å². The predicted octanol–water partition coefficient (Wildman–Crippen LogP) is 2.62. The average molecular weight is 503 g/mol. The second kappa shape index (κ2) is 10.0. The number of aliphatic hydroxyl groups excluding tert-OH is 1. The van der Waals surface area contributed by atoms with Gasteiger partial charge in [0.25, 0.3) is 0 Å². The van der Waals surface area contributed by atoms with E-state index in [0.717, 1.165) is 4.90 Å². The molecule has 9 heteroatoms. The highest BCUT2D eigenvalue weighted by Crippen LogP contribution is 2.48. The van der Waals surface area contributed by atoms with Crippen molar-refractivity contribution in [1.29, 1.82) is 0 Å². The Morgan fingerprint density at radius 2 is 1.46 bits per heavy atom. The summed E-state index contributed by atoms with van der Waals surface area (Å²) >= 11 is 0. The zero-order chi connectivity index (χ0) is 26.0. The Morgan fingerprint density at radius 1 is 0.865 bits per heavy atom. The summed E-state index contributed by atoms with van der Waals surface area (Å²) in [6, 6.07) is 24.3. The van der Waals surface area contributed by atoms with Crippen molar-refractivity contribution < 1.29 is 34.1 Å². The number of aliphatic carboxylic acids is 1. The lowest BCUT2D eigenvalue weighted by Gasteiger charge is -2.29. The van der Waals surface area contributed by atoms with Crippen molar-refractivity contribution in [2.24, 2.45) is 11.8 Å². The number of amides is 2. The van der Waals surface area contributed by atoms with Crippen LogP contribution < -0.4 is 14.8 Å². The molecule has 2 aliphatic rings. The molecular formula is C28H26N2O7. The van der Waals surface area contributed by atoms with Crippen molar-refractivity contribution in [3.05, 3.63) is 90.5 Å². The minimum atomic E-state index is -1.99. The van der Waals surface area contributed by atoms with E-state index in [1.807, 2.05) is 36.4 Å². The van der Waals surface area contributed by atoms with Gasteiger partial charge in [-0.1, -0.05) is 48.5 Å². The maximum Gasteiger partial charge on any atom is 0.327 e. The fourth-order valence-corrected chi connectivity index (χ4v) is 5.12. The molecule has 2 heterocycles. The number of hydrogen-bond donors (Lipinski definition) is 3. The summed E-state index contributed by atoms with van der Waals surface area (Å²) in [5.41, 5.74) is -1.38. The van der Waals surface area contributed by atoms with Gasteiger partial charge in [0.15, 0.2) is 5.54 Å². The molecule has 0 radical (unpaired) electrons. The molecule has 3 aromatic carbocycles. The van der Waals surface area contributed by atoms with Crippen molar-refractivity contribution >= 4 is 17.8 Å². The number of nitrogens with one attached hydrogen (secondary N) is 1. The van der Waals surface area contributed by atoms with E-state index in [-0.39, 0.29) is 13.2 Å². The summed E-state index contributed by atoms with van der Waals surface area (Å²) in [5.74, 6) is -2.96. The molecule has 2 amide bonds. The van der Waals surface area contributed by atoms with Gasteiger partial charge < -0.3 is 19.7 Å². The van der Waals surface area contributed by atoms with Crippen LogP contribution >= 0.6 is 0 Å². The van der Waals surface area contributed by atoms with Gasteiger partial charge in [-0.3, -0.25) is 24.6 Å². The number of hydrogen-bond acceptors (Lipinski definition) is 7. The number of benzene rings is 3. The maximum atomic E-state index is 13.5. The number of rotatable bonds is 9. The molecule has 2 aliphatic heterocycles. The summed E-state index contributed by atoms with van der Waals surface area (Å²) in [7, 11) is 0. The number of aliphatic hydroxyl groups is 1. The first kappa shape index (κ1) is 24.5. The number of para-hydroxylation sites is 2. The normalized spacial score (nSPS) is 24.7. The van der Waals surface area contributed by atoms with E-state index in [9.17, 15) is 24.6 Å². The van der Waals surface area contributed by atoms with Crippen LogP contribution in [0.4, 0.5) is 0 Å². The molecule has 0 saturated carbocycles. The summed E-state index contributed by atoms with van der Waals surface area (Å²) in [6.07, 6.45) is 0. The van der Waals surface area contributed by atoms with Crippen LogP contribution in [0, 0.1) is 11.8 Å². The number of ether oxygens (including phenoxy) is 2. The van der Waals surface area contributed by atoms with Crippen LogP contribution in [0.25, 0.3) is 0 Å². The smallest absolute Gasteiger partial charge is 0.327 e. The van der Waals surface area contributed by atoms with Gasteiger partial charge in [-0.25, -0.2) is 0 Å². The SMILES string of the molecule is O=C1C2C(c3ccc(Oc4ccccc4)cc3)NC(CO)(C(=O)O)C2C(=O)N1CCOc1ccccc1. The molecular weight excluding hydrogens is 476 g/mol. The lowest BCUT2D eigenvalue weighted by molar-refractivity contribution is -0.153. The Hall–Kier alpha value is -4.21. The third-order valence-corrected chi connectivity index (χ3v) is 6.92. The molecule has 3 N–H and O–H groups in total. The number of fused-ring (bicyclic) bond motifs is 1. The molecule has 37 heavy (non-hydrogen) atoms. The lowest BCUT2D eigenvalue weighted by atomic mass is 9.79. The van der Waals surface area contributed by atoms with Crippen molar-refractivity contribution in [2.45, 2.75) is 11.6 Å². The van der Waals surface area contributed by atoms with Gasteiger partial charge in [0.2, 0.25) is 11.8 Å². The molecule has 2 saturated heterocycles. The van der Waals surface area contributed by atoms with Crippen LogP contribution in [-0.2, 0) is 14.4 Å². The molecule has 2 fully saturated rings. The van der Waals surface area contributed by atoms with Crippen molar-refractivity contribution in [3.63, 3.8) is 0 Å². The number of carbonyl (C=O) groups excluding carboxylic acids is 2. The number of carboxylic acid groups (broad SMARTS) is 1. The topological polar surface area (TPSA) is 125 Å². The van der Waals surface area contributed by atoms with Crippen LogP contribution in [0.3, 0.4) is 0 Å². The highest BCUT2D eigenvalue weighted by Gasteiger charge is 2.68. The van der Waals surface area contributed by atoms with E-state index < -0.39 is 47.8 Å². The highest BCUT2D eigenvalue weighted by molar-refractivity contribution is 6.09. The van der Waals surface area contributed by atoms with E-state index in [4.69, 9.17) is 9.47 Å². The molecule has 0 aromatic heterocycles. The molecule has 190 valence electrons. The van der Waals surface area contributed by atoms with Crippen molar-refractivity contribution in [2.75, 3.05) is 19.8 Å². The molecule has 0 bridgehead atoms. The minimum Gasteiger partial charge on any atom is -0.492 e. The Balaban J connectivity index is 1.39. The molecule has 3 aromatic rings. The monoisotopic (exact) mass is 502 g/mol. The summed E-state index contributed by atoms with van der Waals surface area (Å²) in [5, 5.41) is 23.1. The molecule has 0 aliphatic carbocycles. The number of nitrogens with zero attached hydrogens (tertiary/aromatic N) is 1. The average Bonchev–Trinajstić information content (AvgIpc) is 3.40. The van der Waals surface area contributed by atoms with Crippen LogP contribution in [0.1, 0.15) is 11.6 Å². The van der Waals surface area contributed by atoms with E-state index in [1.165, 1.54) is 0 Å². The van der Waals surface area contributed by atoms with Crippen molar-refractivity contribution in [3.8, 4) is 17.2 Å². The number of likely N-dealkylation sites (tertiary alicyclic amines) is 1. The molecule has 4 unspecified atom stereocenters. The third kappa shape index (κ3) is 4.43. The molecule has 0 spiro atoms. The zero-order valence-electron chi connectivity index (χ0n) is 19.8. The lowest BCUT2D eigenvalue weighted by Crippen LogP contribution is -2.58. The minimum absolute atomic E-state index is 0.0305. The highest BCUT2D eigenvalue weighted by atomic mass is 16.5. The fraction of sp³-hybridized carbons (Fsp3) is 0.250.